The normalized spacial score (nSPS) is 25.2. The molecule has 6 nitrogen and oxygen atoms in total. The quantitative estimate of drug-likeness (QED) is 0.907. The molecule has 0 radical (unpaired) electrons. The predicted octanol–water partition coefficient (Wildman–Crippen LogP) is 1.97. The van der Waals surface area contributed by atoms with Crippen LogP contribution in [-0.4, -0.2) is 40.3 Å². The smallest absolute Gasteiger partial charge is 0.157 e. The van der Waals surface area contributed by atoms with E-state index >= 15 is 0 Å². The molecule has 2 N–H and O–H groups in total. The van der Waals surface area contributed by atoms with Gasteiger partial charge in [0.2, 0.25) is 0 Å². The first kappa shape index (κ1) is 14.0. The van der Waals surface area contributed by atoms with Crippen molar-refractivity contribution in [1.29, 1.82) is 0 Å². The molecule has 2 aromatic heterocycles. The Bertz CT molecular complexity index is 683. The van der Waals surface area contributed by atoms with Gasteiger partial charge in [-0.25, -0.2) is 4.98 Å². The summed E-state index contributed by atoms with van der Waals surface area (Å²) < 4.78 is 7.72. The summed E-state index contributed by atoms with van der Waals surface area (Å²) in [6.07, 6.45) is 3.44. The minimum Gasteiger partial charge on any atom is -0.372 e. The summed E-state index contributed by atoms with van der Waals surface area (Å²) in [7, 11) is 0. The van der Waals surface area contributed by atoms with Crippen molar-refractivity contribution in [1.82, 2.24) is 19.9 Å². The number of hydrogen-bond acceptors (Lipinski definition) is 5. The van der Waals surface area contributed by atoms with Crippen molar-refractivity contribution in [3.05, 3.63) is 23.0 Å². The molecule has 0 amide bonds. The average Bonchev–Trinajstić information content (AvgIpc) is 3.23. The van der Waals surface area contributed by atoms with Gasteiger partial charge in [-0.1, -0.05) is 0 Å². The van der Waals surface area contributed by atoms with E-state index in [2.05, 4.69) is 30.5 Å². The third kappa shape index (κ3) is 2.36. The van der Waals surface area contributed by atoms with Gasteiger partial charge in [-0.15, -0.1) is 0 Å². The van der Waals surface area contributed by atoms with Gasteiger partial charge in [-0.05, 0) is 39.7 Å². The van der Waals surface area contributed by atoms with Gasteiger partial charge in [0.15, 0.2) is 5.65 Å². The first-order valence-corrected chi connectivity index (χ1v) is 8.18. The van der Waals surface area contributed by atoms with E-state index in [1.807, 2.05) is 4.52 Å². The molecule has 2 saturated heterocycles. The van der Waals surface area contributed by atoms with Crippen LogP contribution in [-0.2, 0) is 4.74 Å². The number of anilines is 1. The number of aryl methyl sites for hydroxylation is 1. The molecule has 0 aliphatic carbocycles. The Balaban J connectivity index is 1.76. The van der Waals surface area contributed by atoms with Crippen LogP contribution in [0.4, 0.5) is 5.82 Å². The summed E-state index contributed by atoms with van der Waals surface area (Å²) in [6, 6.07) is 2.53. The van der Waals surface area contributed by atoms with E-state index in [-0.39, 0.29) is 6.10 Å². The van der Waals surface area contributed by atoms with Crippen LogP contribution in [0.2, 0.25) is 0 Å². The second-order valence-electron chi connectivity index (χ2n) is 6.35. The molecule has 2 aliphatic rings. The van der Waals surface area contributed by atoms with Crippen LogP contribution >= 0.6 is 0 Å². The topological polar surface area (TPSA) is 63.5 Å². The van der Waals surface area contributed by atoms with Crippen LogP contribution in [0.1, 0.15) is 42.3 Å². The highest BCUT2D eigenvalue weighted by atomic mass is 16.5. The van der Waals surface area contributed by atoms with Gasteiger partial charge in [0.25, 0.3) is 0 Å². The Morgan fingerprint density at radius 1 is 1.36 bits per heavy atom. The molecule has 0 bridgehead atoms. The number of nitrogens with zero attached hydrogens (tertiary/aromatic N) is 3. The van der Waals surface area contributed by atoms with E-state index in [0.717, 1.165) is 61.8 Å². The number of aromatic nitrogens is 3. The highest BCUT2D eigenvalue weighted by molar-refractivity contribution is 5.56. The standard InChI is InChI=1S/C16H23N5O/c1-10-11(2)18-15-8-13(14-4-3-7-22-14)20-21(15)16(10)19-12-5-6-17-9-12/h8,12,14,17,19H,3-7,9H2,1-2H3. The average molecular weight is 301 g/mol. The van der Waals surface area contributed by atoms with E-state index in [1.165, 1.54) is 5.56 Å². The van der Waals surface area contributed by atoms with Gasteiger partial charge in [0.1, 0.15) is 11.9 Å². The zero-order chi connectivity index (χ0) is 15.1. The maximum absolute atomic E-state index is 5.77. The van der Waals surface area contributed by atoms with Gasteiger partial charge in [-0.2, -0.15) is 9.61 Å². The van der Waals surface area contributed by atoms with Gasteiger partial charge in [0, 0.05) is 36.5 Å². The Kier molecular flexibility index (Phi) is 3.50. The second kappa shape index (κ2) is 5.52. The lowest BCUT2D eigenvalue weighted by Crippen LogP contribution is -2.24. The van der Waals surface area contributed by atoms with Crippen molar-refractivity contribution in [3.63, 3.8) is 0 Å². The molecule has 2 atom stereocenters. The van der Waals surface area contributed by atoms with Crippen LogP contribution in [0.3, 0.4) is 0 Å². The molecule has 0 saturated carbocycles. The maximum Gasteiger partial charge on any atom is 0.157 e. The maximum atomic E-state index is 5.77. The van der Waals surface area contributed by atoms with Crippen molar-refractivity contribution in [3.8, 4) is 0 Å². The van der Waals surface area contributed by atoms with Crippen LogP contribution in [0.25, 0.3) is 5.65 Å². The Labute approximate surface area is 130 Å². The summed E-state index contributed by atoms with van der Waals surface area (Å²) in [4.78, 5) is 4.69. The van der Waals surface area contributed by atoms with Crippen LogP contribution in [0.15, 0.2) is 6.07 Å². The van der Waals surface area contributed by atoms with E-state index < -0.39 is 0 Å². The van der Waals surface area contributed by atoms with E-state index in [4.69, 9.17) is 14.8 Å². The lowest BCUT2D eigenvalue weighted by Gasteiger charge is -2.17. The van der Waals surface area contributed by atoms with Crippen LogP contribution in [0, 0.1) is 13.8 Å². The summed E-state index contributed by atoms with van der Waals surface area (Å²) in [6.45, 7) is 7.08. The summed E-state index contributed by atoms with van der Waals surface area (Å²) >= 11 is 0. The third-order valence-electron chi connectivity index (χ3n) is 4.76. The summed E-state index contributed by atoms with van der Waals surface area (Å²) in [5.74, 6) is 1.07. The number of hydrogen-bond donors (Lipinski definition) is 2. The third-order valence-corrected chi connectivity index (χ3v) is 4.76. The summed E-state index contributed by atoms with van der Waals surface area (Å²) in [5, 5.41) is 11.8. The molecule has 4 rings (SSSR count). The Hall–Kier alpha value is -1.66. The van der Waals surface area contributed by atoms with Crippen LogP contribution in [0.5, 0.6) is 0 Å². The SMILES string of the molecule is Cc1nc2cc(C3CCCO3)nn2c(NC2CCNC2)c1C. The molecule has 2 aliphatic heterocycles. The van der Waals surface area contributed by atoms with Gasteiger partial charge in [-0.3, -0.25) is 0 Å². The van der Waals surface area contributed by atoms with Crippen molar-refractivity contribution in [2.45, 2.75) is 45.3 Å². The number of fused-ring (bicyclic) bond motifs is 1. The molecular formula is C16H23N5O. The fourth-order valence-corrected chi connectivity index (χ4v) is 3.33. The fourth-order valence-electron chi connectivity index (χ4n) is 3.33. The first-order valence-electron chi connectivity index (χ1n) is 8.18. The molecule has 22 heavy (non-hydrogen) atoms. The van der Waals surface area contributed by atoms with E-state index in [1.54, 1.807) is 0 Å². The number of rotatable bonds is 3. The molecule has 2 aromatic rings. The second-order valence-corrected chi connectivity index (χ2v) is 6.35. The zero-order valence-electron chi connectivity index (χ0n) is 13.2. The Morgan fingerprint density at radius 3 is 3.00 bits per heavy atom. The fraction of sp³-hybridized carbons (Fsp3) is 0.625. The number of ether oxygens (including phenoxy) is 1. The lowest BCUT2D eigenvalue weighted by molar-refractivity contribution is 0.108. The molecule has 2 unspecified atom stereocenters. The van der Waals surface area contributed by atoms with Crippen LogP contribution < -0.4 is 10.6 Å². The number of nitrogens with one attached hydrogen (secondary N) is 2. The first-order chi connectivity index (χ1) is 10.7. The zero-order valence-corrected chi connectivity index (χ0v) is 13.2. The largest absolute Gasteiger partial charge is 0.372 e. The predicted molar refractivity (Wildman–Crippen MR) is 85.3 cm³/mol. The van der Waals surface area contributed by atoms with Gasteiger partial charge < -0.3 is 15.4 Å². The molecule has 0 aromatic carbocycles. The molecule has 6 heteroatoms. The molecule has 118 valence electrons. The molecule has 2 fully saturated rings. The van der Waals surface area contributed by atoms with Gasteiger partial charge in [0.05, 0.1) is 5.69 Å². The lowest BCUT2D eigenvalue weighted by atomic mass is 10.2. The van der Waals surface area contributed by atoms with Crippen molar-refractivity contribution < 1.29 is 4.74 Å². The highest BCUT2D eigenvalue weighted by Crippen LogP contribution is 2.30. The van der Waals surface area contributed by atoms with Crippen molar-refractivity contribution in [2.75, 3.05) is 25.0 Å². The molecular weight excluding hydrogens is 278 g/mol. The molecule has 4 heterocycles. The summed E-state index contributed by atoms with van der Waals surface area (Å²) in [5.41, 5.74) is 4.13. The Morgan fingerprint density at radius 2 is 2.27 bits per heavy atom. The van der Waals surface area contributed by atoms with E-state index in [9.17, 15) is 0 Å². The van der Waals surface area contributed by atoms with E-state index in [0.29, 0.717) is 6.04 Å². The highest BCUT2D eigenvalue weighted by Gasteiger charge is 2.23. The van der Waals surface area contributed by atoms with Crippen molar-refractivity contribution in [2.24, 2.45) is 0 Å². The monoisotopic (exact) mass is 301 g/mol. The van der Waals surface area contributed by atoms with Crippen molar-refractivity contribution >= 4 is 11.5 Å². The minimum absolute atomic E-state index is 0.128. The minimum atomic E-state index is 0.128. The van der Waals surface area contributed by atoms with Gasteiger partial charge >= 0.3 is 0 Å². The molecule has 0 spiro atoms.